The Labute approximate surface area is 549 Å². The van der Waals surface area contributed by atoms with E-state index in [0.717, 1.165) is 108 Å². The molecule has 0 spiro atoms. The van der Waals surface area contributed by atoms with Gasteiger partial charge in [-0.1, -0.05) is 305 Å². The van der Waals surface area contributed by atoms with E-state index in [4.69, 9.17) is 37.0 Å². The average molecular weight is 1330 g/mol. The van der Waals surface area contributed by atoms with Crippen LogP contribution in [0.2, 0.25) is 0 Å². The number of phosphoric acid groups is 2. The summed E-state index contributed by atoms with van der Waals surface area (Å²) in [4.78, 5) is 72.6. The summed E-state index contributed by atoms with van der Waals surface area (Å²) in [5.41, 5.74) is 0. The highest BCUT2D eigenvalue weighted by molar-refractivity contribution is 7.47. The van der Waals surface area contributed by atoms with E-state index in [1.54, 1.807) is 0 Å². The number of hydrogen-bond donors (Lipinski definition) is 3. The second-order valence-electron chi connectivity index (χ2n) is 26.6. The average Bonchev–Trinajstić information content (AvgIpc) is 3.67. The van der Waals surface area contributed by atoms with Gasteiger partial charge in [0.15, 0.2) is 12.2 Å². The summed E-state index contributed by atoms with van der Waals surface area (Å²) < 4.78 is 68.3. The smallest absolute Gasteiger partial charge is 0.462 e. The second kappa shape index (κ2) is 61.9. The van der Waals surface area contributed by atoms with Crippen molar-refractivity contribution in [1.82, 2.24) is 0 Å². The Kier molecular flexibility index (Phi) is 60.6. The van der Waals surface area contributed by atoms with Crippen LogP contribution in [0.15, 0.2) is 0 Å². The first kappa shape index (κ1) is 88.1. The van der Waals surface area contributed by atoms with Gasteiger partial charge in [0.1, 0.15) is 19.3 Å². The van der Waals surface area contributed by atoms with E-state index in [9.17, 15) is 43.2 Å². The van der Waals surface area contributed by atoms with E-state index >= 15 is 0 Å². The summed E-state index contributed by atoms with van der Waals surface area (Å²) in [6.45, 7) is 11.8. The molecular weight excluding hydrogens is 1190 g/mol. The van der Waals surface area contributed by atoms with Crippen molar-refractivity contribution in [1.29, 1.82) is 0 Å². The number of aliphatic hydroxyl groups is 1. The third-order valence-corrected chi connectivity index (χ3v) is 19.0. The van der Waals surface area contributed by atoms with Gasteiger partial charge >= 0.3 is 39.5 Å². The SMILES string of the molecule is CCCCCCCCCCCCCCCC(=O)OC[C@H](COP(=O)(O)OC[C@@H](O)COP(=O)(O)OC[C@@H](COC(=O)CCCCCCCCCCC(C)C)OC(=O)CCCCCCCCCCC(C)CC)OC(=O)CCCCCCCCCCCCC(C)CC. The zero-order valence-electron chi connectivity index (χ0n) is 58.6. The van der Waals surface area contributed by atoms with Gasteiger partial charge in [-0.2, -0.15) is 0 Å². The molecule has 19 heteroatoms. The number of aliphatic hydroxyl groups excluding tert-OH is 1. The molecule has 7 atom stereocenters. The third kappa shape index (κ3) is 62.2. The molecule has 0 aliphatic rings. The van der Waals surface area contributed by atoms with E-state index < -0.39 is 97.5 Å². The van der Waals surface area contributed by atoms with Gasteiger partial charge in [0.25, 0.3) is 0 Å². The fourth-order valence-corrected chi connectivity index (χ4v) is 12.2. The van der Waals surface area contributed by atoms with Crippen LogP contribution in [0, 0.1) is 17.8 Å². The van der Waals surface area contributed by atoms with Gasteiger partial charge in [0.2, 0.25) is 0 Å². The molecule has 3 N–H and O–H groups in total. The molecule has 0 fully saturated rings. The highest BCUT2D eigenvalue weighted by Gasteiger charge is 2.30. The molecule has 534 valence electrons. The summed E-state index contributed by atoms with van der Waals surface area (Å²) in [5, 5.41) is 10.6. The predicted octanol–water partition coefficient (Wildman–Crippen LogP) is 20.2. The predicted molar refractivity (Wildman–Crippen MR) is 363 cm³/mol. The van der Waals surface area contributed by atoms with E-state index in [-0.39, 0.29) is 25.7 Å². The molecule has 90 heavy (non-hydrogen) atoms. The Balaban J connectivity index is 5.27. The lowest BCUT2D eigenvalue weighted by Crippen LogP contribution is -2.30. The maximum Gasteiger partial charge on any atom is 0.472 e. The highest BCUT2D eigenvalue weighted by atomic mass is 31.2. The number of esters is 4. The minimum absolute atomic E-state index is 0.104. The number of phosphoric ester groups is 2. The number of unbranched alkanes of at least 4 members (excludes halogenated alkanes) is 35. The van der Waals surface area contributed by atoms with Crippen LogP contribution in [0.25, 0.3) is 0 Å². The van der Waals surface area contributed by atoms with Crippen LogP contribution >= 0.6 is 15.6 Å². The first-order valence-electron chi connectivity index (χ1n) is 36.9. The van der Waals surface area contributed by atoms with Gasteiger partial charge < -0.3 is 33.8 Å². The van der Waals surface area contributed by atoms with Crippen LogP contribution in [0.1, 0.15) is 357 Å². The van der Waals surface area contributed by atoms with Crippen molar-refractivity contribution in [2.45, 2.75) is 375 Å². The molecule has 0 aliphatic heterocycles. The van der Waals surface area contributed by atoms with Gasteiger partial charge in [-0.05, 0) is 43.4 Å². The van der Waals surface area contributed by atoms with Crippen LogP contribution in [-0.4, -0.2) is 96.7 Å². The molecule has 0 aromatic heterocycles. The lowest BCUT2D eigenvalue weighted by Gasteiger charge is -2.21. The zero-order valence-corrected chi connectivity index (χ0v) is 60.4. The fourth-order valence-electron chi connectivity index (χ4n) is 10.7. The van der Waals surface area contributed by atoms with Crippen molar-refractivity contribution in [3.8, 4) is 0 Å². The lowest BCUT2D eigenvalue weighted by atomic mass is 9.99. The summed E-state index contributed by atoms with van der Waals surface area (Å²) in [5.74, 6) is 0.173. The molecule has 0 heterocycles. The molecule has 4 unspecified atom stereocenters. The van der Waals surface area contributed by atoms with Gasteiger partial charge in [-0.25, -0.2) is 9.13 Å². The maximum absolute atomic E-state index is 13.0. The number of ether oxygens (including phenoxy) is 4. The molecule has 0 saturated carbocycles. The molecule has 0 bridgehead atoms. The number of carbonyl (C=O) groups is 4. The molecule has 0 aliphatic carbocycles. The molecule has 0 saturated heterocycles. The van der Waals surface area contributed by atoms with Crippen LogP contribution in [0.4, 0.5) is 0 Å². The summed E-state index contributed by atoms with van der Waals surface area (Å²) in [6.07, 6.45) is 45.6. The lowest BCUT2D eigenvalue weighted by molar-refractivity contribution is -0.161. The van der Waals surface area contributed by atoms with E-state index in [2.05, 4.69) is 48.5 Å². The molecular formula is C71H138O17P2. The third-order valence-electron chi connectivity index (χ3n) is 17.1. The Morgan fingerprint density at radius 2 is 0.567 bits per heavy atom. The van der Waals surface area contributed by atoms with Crippen LogP contribution in [0.3, 0.4) is 0 Å². The minimum Gasteiger partial charge on any atom is -0.462 e. The van der Waals surface area contributed by atoms with Gasteiger partial charge in [-0.15, -0.1) is 0 Å². The van der Waals surface area contributed by atoms with E-state index in [0.29, 0.717) is 25.7 Å². The molecule has 0 radical (unpaired) electrons. The van der Waals surface area contributed by atoms with Crippen LogP contribution in [-0.2, 0) is 65.4 Å². The normalized spacial score (nSPS) is 14.8. The minimum atomic E-state index is -4.95. The van der Waals surface area contributed by atoms with E-state index in [1.165, 1.54) is 167 Å². The molecule has 17 nitrogen and oxygen atoms in total. The first-order chi connectivity index (χ1) is 43.3. The topological polar surface area (TPSA) is 237 Å². The van der Waals surface area contributed by atoms with Crippen LogP contribution < -0.4 is 0 Å². The van der Waals surface area contributed by atoms with Crippen LogP contribution in [0.5, 0.6) is 0 Å². The van der Waals surface area contributed by atoms with Gasteiger partial charge in [-0.3, -0.25) is 37.3 Å². The molecule has 0 amide bonds. The van der Waals surface area contributed by atoms with Crippen molar-refractivity contribution in [3.63, 3.8) is 0 Å². The summed E-state index contributed by atoms with van der Waals surface area (Å²) >= 11 is 0. The molecule has 0 aromatic carbocycles. The number of carbonyl (C=O) groups excluding carboxylic acids is 4. The number of rotatable bonds is 69. The Morgan fingerprint density at radius 3 is 0.844 bits per heavy atom. The summed E-state index contributed by atoms with van der Waals surface area (Å²) in [7, 11) is -9.90. The molecule has 0 rings (SSSR count). The Hall–Kier alpha value is -1.94. The van der Waals surface area contributed by atoms with Gasteiger partial charge in [0.05, 0.1) is 26.4 Å². The molecule has 0 aromatic rings. The fraction of sp³-hybridized carbons (Fsp3) is 0.944. The van der Waals surface area contributed by atoms with Crippen molar-refractivity contribution < 1.29 is 80.2 Å². The van der Waals surface area contributed by atoms with Crippen molar-refractivity contribution in [2.24, 2.45) is 17.8 Å². The van der Waals surface area contributed by atoms with Crippen molar-refractivity contribution in [3.05, 3.63) is 0 Å². The monoisotopic (exact) mass is 1320 g/mol. The number of hydrogen-bond acceptors (Lipinski definition) is 15. The maximum atomic E-state index is 13.0. The Bertz CT molecular complexity index is 1770. The zero-order chi connectivity index (χ0) is 66.6. The van der Waals surface area contributed by atoms with Gasteiger partial charge in [0, 0.05) is 25.7 Å². The highest BCUT2D eigenvalue weighted by Crippen LogP contribution is 2.45. The second-order valence-corrected chi connectivity index (χ2v) is 29.5. The standard InChI is InChI=1S/C71H138O17P2/c1-8-11-12-13-14-15-16-17-18-22-31-38-45-52-68(73)81-58-66(87-70(75)54-47-40-33-23-20-19-21-29-36-43-50-63(6)9-2)60-85-89(77,78)83-56-65(72)57-84-90(79,80)86-61-67(59-82-69(74)53-46-39-32-26-24-28-35-42-49-62(4)5)88-71(76)55-48-41-34-27-25-30-37-44-51-64(7)10-3/h62-67,72H,8-61H2,1-7H3,(H,77,78)(H,79,80)/t63?,64?,65-,66-,67-/m1/s1. The quantitative estimate of drug-likeness (QED) is 0.0222. The van der Waals surface area contributed by atoms with Crippen molar-refractivity contribution in [2.75, 3.05) is 39.6 Å². The van der Waals surface area contributed by atoms with Crippen molar-refractivity contribution >= 4 is 39.5 Å². The Morgan fingerprint density at radius 1 is 0.322 bits per heavy atom. The van der Waals surface area contributed by atoms with E-state index in [1.807, 2.05) is 0 Å². The largest absolute Gasteiger partial charge is 0.472 e. The first-order valence-corrected chi connectivity index (χ1v) is 39.9. The summed E-state index contributed by atoms with van der Waals surface area (Å²) in [6, 6.07) is 0.